The lowest BCUT2D eigenvalue weighted by atomic mass is 10.2. The summed E-state index contributed by atoms with van der Waals surface area (Å²) < 4.78 is 10.6. The lowest BCUT2D eigenvalue weighted by Crippen LogP contribution is -2.22. The van der Waals surface area contributed by atoms with Gasteiger partial charge in [0.2, 0.25) is 0 Å². The minimum absolute atomic E-state index is 0.261. The standard InChI is InChI=1S/C13H13NO3/c1-3-7-14-13(15)11-8-9-5-4-6-10(16-2)12(9)17-11/h3-6,8H,1,7H2,2H3,(H,14,15). The highest BCUT2D eigenvalue weighted by atomic mass is 16.5. The Kier molecular flexibility index (Phi) is 3.14. The van der Waals surface area contributed by atoms with Gasteiger partial charge in [-0.05, 0) is 12.1 Å². The van der Waals surface area contributed by atoms with Crippen LogP contribution in [-0.2, 0) is 0 Å². The zero-order chi connectivity index (χ0) is 12.3. The number of hydrogen-bond donors (Lipinski definition) is 1. The summed E-state index contributed by atoms with van der Waals surface area (Å²) in [6.07, 6.45) is 1.61. The number of rotatable bonds is 4. The van der Waals surface area contributed by atoms with Crippen molar-refractivity contribution in [3.8, 4) is 5.75 Å². The predicted molar refractivity (Wildman–Crippen MR) is 65.3 cm³/mol. The van der Waals surface area contributed by atoms with Gasteiger partial charge in [0.05, 0.1) is 7.11 Å². The van der Waals surface area contributed by atoms with Gasteiger partial charge >= 0.3 is 0 Å². The number of amides is 1. The van der Waals surface area contributed by atoms with Gasteiger partial charge in [-0.1, -0.05) is 18.2 Å². The first-order valence-electron chi connectivity index (χ1n) is 5.22. The van der Waals surface area contributed by atoms with Crippen LogP contribution in [0, 0.1) is 0 Å². The van der Waals surface area contributed by atoms with Gasteiger partial charge in [-0.2, -0.15) is 0 Å². The highest BCUT2D eigenvalue weighted by molar-refractivity contribution is 5.97. The molecule has 0 unspecified atom stereocenters. The number of carbonyl (C=O) groups is 1. The quantitative estimate of drug-likeness (QED) is 0.822. The van der Waals surface area contributed by atoms with Crippen LogP contribution in [0.2, 0.25) is 0 Å². The van der Waals surface area contributed by atoms with E-state index in [1.54, 1.807) is 25.3 Å². The molecule has 88 valence electrons. The number of para-hydroxylation sites is 1. The van der Waals surface area contributed by atoms with Gasteiger partial charge in [0.1, 0.15) is 0 Å². The Morgan fingerprint density at radius 1 is 1.59 bits per heavy atom. The van der Waals surface area contributed by atoms with E-state index in [0.29, 0.717) is 17.9 Å². The Hall–Kier alpha value is -2.23. The van der Waals surface area contributed by atoms with Crippen molar-refractivity contribution in [1.82, 2.24) is 5.32 Å². The molecule has 0 aliphatic heterocycles. The first-order chi connectivity index (χ1) is 8.26. The summed E-state index contributed by atoms with van der Waals surface area (Å²) >= 11 is 0. The summed E-state index contributed by atoms with van der Waals surface area (Å²) in [5, 5.41) is 3.50. The molecule has 0 fully saturated rings. The summed E-state index contributed by atoms with van der Waals surface area (Å²) in [7, 11) is 1.56. The molecule has 2 rings (SSSR count). The highest BCUT2D eigenvalue weighted by Gasteiger charge is 2.13. The van der Waals surface area contributed by atoms with E-state index in [1.165, 1.54) is 0 Å². The first kappa shape index (κ1) is 11.3. The van der Waals surface area contributed by atoms with Gasteiger partial charge in [-0.3, -0.25) is 4.79 Å². The molecule has 0 bridgehead atoms. The lowest BCUT2D eigenvalue weighted by molar-refractivity contribution is 0.0932. The van der Waals surface area contributed by atoms with Crippen molar-refractivity contribution in [3.63, 3.8) is 0 Å². The second-order valence-corrected chi connectivity index (χ2v) is 3.49. The van der Waals surface area contributed by atoms with Crippen molar-refractivity contribution < 1.29 is 13.9 Å². The number of carbonyl (C=O) groups excluding carboxylic acids is 1. The van der Waals surface area contributed by atoms with E-state index in [0.717, 1.165) is 5.39 Å². The monoisotopic (exact) mass is 231 g/mol. The van der Waals surface area contributed by atoms with Crippen molar-refractivity contribution in [3.05, 3.63) is 42.7 Å². The number of fused-ring (bicyclic) bond motifs is 1. The molecule has 0 saturated carbocycles. The van der Waals surface area contributed by atoms with Crippen molar-refractivity contribution >= 4 is 16.9 Å². The SMILES string of the molecule is C=CCNC(=O)c1cc2cccc(OC)c2o1. The van der Waals surface area contributed by atoms with Gasteiger partial charge in [0, 0.05) is 11.9 Å². The average molecular weight is 231 g/mol. The molecule has 0 aliphatic carbocycles. The number of methoxy groups -OCH3 is 1. The van der Waals surface area contributed by atoms with Crippen molar-refractivity contribution in [2.75, 3.05) is 13.7 Å². The molecule has 0 aliphatic rings. The van der Waals surface area contributed by atoms with E-state index in [-0.39, 0.29) is 11.7 Å². The van der Waals surface area contributed by atoms with Crippen LogP contribution in [-0.4, -0.2) is 19.6 Å². The van der Waals surface area contributed by atoms with Gasteiger partial charge in [-0.15, -0.1) is 6.58 Å². The van der Waals surface area contributed by atoms with Crippen LogP contribution in [0.15, 0.2) is 41.3 Å². The maximum Gasteiger partial charge on any atom is 0.287 e. The summed E-state index contributed by atoms with van der Waals surface area (Å²) in [6, 6.07) is 7.20. The van der Waals surface area contributed by atoms with Gasteiger partial charge in [0.25, 0.3) is 5.91 Å². The highest BCUT2D eigenvalue weighted by Crippen LogP contribution is 2.28. The van der Waals surface area contributed by atoms with Crippen molar-refractivity contribution in [1.29, 1.82) is 0 Å². The molecule has 1 heterocycles. The Bertz CT molecular complexity index is 557. The minimum Gasteiger partial charge on any atom is -0.493 e. The zero-order valence-corrected chi connectivity index (χ0v) is 9.53. The van der Waals surface area contributed by atoms with Crippen LogP contribution >= 0.6 is 0 Å². The molecule has 1 N–H and O–H groups in total. The van der Waals surface area contributed by atoms with E-state index in [1.807, 2.05) is 12.1 Å². The van der Waals surface area contributed by atoms with E-state index in [9.17, 15) is 4.79 Å². The number of furan rings is 1. The topological polar surface area (TPSA) is 51.5 Å². The van der Waals surface area contributed by atoms with E-state index in [2.05, 4.69) is 11.9 Å². The Morgan fingerprint density at radius 3 is 3.12 bits per heavy atom. The fraction of sp³-hybridized carbons (Fsp3) is 0.154. The summed E-state index contributed by atoms with van der Waals surface area (Å²) in [5.41, 5.74) is 0.582. The second-order valence-electron chi connectivity index (χ2n) is 3.49. The molecule has 17 heavy (non-hydrogen) atoms. The molecule has 0 saturated heterocycles. The summed E-state index contributed by atoms with van der Waals surface area (Å²) in [4.78, 5) is 11.7. The van der Waals surface area contributed by atoms with Crippen LogP contribution in [0.25, 0.3) is 11.0 Å². The van der Waals surface area contributed by atoms with Crippen LogP contribution in [0.5, 0.6) is 5.75 Å². The zero-order valence-electron chi connectivity index (χ0n) is 9.53. The van der Waals surface area contributed by atoms with Crippen LogP contribution in [0.1, 0.15) is 10.6 Å². The molecular formula is C13H13NO3. The molecule has 0 radical (unpaired) electrons. The van der Waals surface area contributed by atoms with E-state index >= 15 is 0 Å². The largest absolute Gasteiger partial charge is 0.493 e. The normalized spacial score (nSPS) is 10.2. The third-order valence-corrected chi connectivity index (χ3v) is 2.36. The third kappa shape index (κ3) is 2.15. The fourth-order valence-corrected chi connectivity index (χ4v) is 1.56. The number of hydrogen-bond acceptors (Lipinski definition) is 3. The molecule has 0 spiro atoms. The molecule has 4 heteroatoms. The molecule has 0 atom stereocenters. The van der Waals surface area contributed by atoms with Crippen LogP contribution < -0.4 is 10.1 Å². The number of benzene rings is 1. The first-order valence-corrected chi connectivity index (χ1v) is 5.22. The van der Waals surface area contributed by atoms with Crippen molar-refractivity contribution in [2.45, 2.75) is 0 Å². The molecule has 4 nitrogen and oxygen atoms in total. The maximum absolute atomic E-state index is 11.7. The van der Waals surface area contributed by atoms with Gasteiger partial charge < -0.3 is 14.5 Å². The van der Waals surface area contributed by atoms with E-state index < -0.39 is 0 Å². The molecule has 1 aromatic heterocycles. The fourth-order valence-electron chi connectivity index (χ4n) is 1.56. The van der Waals surface area contributed by atoms with Gasteiger partial charge in [0.15, 0.2) is 17.1 Å². The number of nitrogens with one attached hydrogen (secondary N) is 1. The Morgan fingerprint density at radius 2 is 2.41 bits per heavy atom. The maximum atomic E-state index is 11.7. The Labute approximate surface area is 98.9 Å². The van der Waals surface area contributed by atoms with Crippen LogP contribution in [0.4, 0.5) is 0 Å². The number of ether oxygens (including phenoxy) is 1. The molecular weight excluding hydrogens is 218 g/mol. The third-order valence-electron chi connectivity index (χ3n) is 2.36. The van der Waals surface area contributed by atoms with E-state index in [4.69, 9.17) is 9.15 Å². The lowest BCUT2D eigenvalue weighted by Gasteiger charge is -1.99. The average Bonchev–Trinajstić information content (AvgIpc) is 2.79. The molecule has 1 amide bonds. The summed E-state index contributed by atoms with van der Waals surface area (Å²) in [5.74, 6) is 0.625. The Balaban J connectivity index is 2.37. The summed E-state index contributed by atoms with van der Waals surface area (Å²) in [6.45, 7) is 3.94. The minimum atomic E-state index is -0.261. The van der Waals surface area contributed by atoms with Crippen LogP contribution in [0.3, 0.4) is 0 Å². The van der Waals surface area contributed by atoms with Gasteiger partial charge in [-0.25, -0.2) is 0 Å². The smallest absolute Gasteiger partial charge is 0.287 e. The molecule has 1 aromatic carbocycles. The second kappa shape index (κ2) is 4.74. The molecule has 2 aromatic rings. The predicted octanol–water partition coefficient (Wildman–Crippen LogP) is 2.36. The van der Waals surface area contributed by atoms with Crippen molar-refractivity contribution in [2.24, 2.45) is 0 Å².